The van der Waals surface area contributed by atoms with Crippen molar-refractivity contribution in [3.05, 3.63) is 53.6 Å². The SMILES string of the molecule is CC[C@H](C)[C@@H](C(=O)NCCn1ccnc1C)N1Cc2ccccc2C1=O. The van der Waals surface area contributed by atoms with E-state index in [0.29, 0.717) is 25.2 Å². The molecule has 26 heavy (non-hydrogen) atoms. The predicted octanol–water partition coefficient (Wildman–Crippen LogP) is 2.38. The third kappa shape index (κ3) is 3.49. The summed E-state index contributed by atoms with van der Waals surface area (Å²) >= 11 is 0. The molecule has 6 nitrogen and oxygen atoms in total. The van der Waals surface area contributed by atoms with Crippen LogP contribution >= 0.6 is 0 Å². The minimum absolute atomic E-state index is 0.0495. The second kappa shape index (κ2) is 7.72. The quantitative estimate of drug-likeness (QED) is 0.830. The summed E-state index contributed by atoms with van der Waals surface area (Å²) in [4.78, 5) is 31.6. The van der Waals surface area contributed by atoms with Crippen LogP contribution in [0, 0.1) is 12.8 Å². The summed E-state index contributed by atoms with van der Waals surface area (Å²) < 4.78 is 2.00. The number of imidazole rings is 1. The van der Waals surface area contributed by atoms with Gasteiger partial charge in [-0.15, -0.1) is 0 Å². The molecule has 1 N–H and O–H groups in total. The van der Waals surface area contributed by atoms with Gasteiger partial charge in [-0.05, 0) is 24.5 Å². The molecule has 6 heteroatoms. The van der Waals surface area contributed by atoms with Gasteiger partial charge in [-0.2, -0.15) is 0 Å². The van der Waals surface area contributed by atoms with Crippen LogP contribution in [0.15, 0.2) is 36.7 Å². The number of rotatable bonds is 7. The second-order valence-corrected chi connectivity index (χ2v) is 6.88. The van der Waals surface area contributed by atoms with Crippen LogP contribution in [0.5, 0.6) is 0 Å². The van der Waals surface area contributed by atoms with E-state index in [-0.39, 0.29) is 17.7 Å². The Hall–Kier alpha value is -2.63. The van der Waals surface area contributed by atoms with E-state index in [1.165, 1.54) is 0 Å². The predicted molar refractivity (Wildman–Crippen MR) is 99.5 cm³/mol. The number of nitrogens with zero attached hydrogens (tertiary/aromatic N) is 3. The molecule has 2 amide bonds. The van der Waals surface area contributed by atoms with Crippen LogP contribution in [0.2, 0.25) is 0 Å². The fourth-order valence-electron chi connectivity index (χ4n) is 3.48. The largest absolute Gasteiger partial charge is 0.353 e. The van der Waals surface area contributed by atoms with Gasteiger partial charge in [0.15, 0.2) is 0 Å². The van der Waals surface area contributed by atoms with Crippen molar-refractivity contribution in [2.24, 2.45) is 5.92 Å². The van der Waals surface area contributed by atoms with Crippen molar-refractivity contribution < 1.29 is 9.59 Å². The maximum absolute atomic E-state index is 12.9. The number of benzene rings is 1. The van der Waals surface area contributed by atoms with E-state index in [4.69, 9.17) is 0 Å². The molecule has 0 aliphatic carbocycles. The summed E-state index contributed by atoms with van der Waals surface area (Å²) in [6.45, 7) is 7.69. The van der Waals surface area contributed by atoms with E-state index < -0.39 is 6.04 Å². The molecule has 0 saturated carbocycles. The van der Waals surface area contributed by atoms with Gasteiger partial charge in [-0.3, -0.25) is 9.59 Å². The number of fused-ring (bicyclic) bond motifs is 1. The van der Waals surface area contributed by atoms with Crippen molar-refractivity contribution in [1.82, 2.24) is 19.8 Å². The average molecular weight is 354 g/mol. The third-order valence-electron chi connectivity index (χ3n) is 5.21. The Morgan fingerprint density at radius 1 is 1.35 bits per heavy atom. The summed E-state index contributed by atoms with van der Waals surface area (Å²) in [6, 6.07) is 7.14. The van der Waals surface area contributed by atoms with E-state index in [0.717, 1.165) is 17.8 Å². The van der Waals surface area contributed by atoms with Crippen LogP contribution in [0.3, 0.4) is 0 Å². The molecule has 0 radical (unpaired) electrons. The highest BCUT2D eigenvalue weighted by atomic mass is 16.2. The standard InChI is InChI=1S/C20H26N4O2/c1-4-14(2)18(19(25)22-10-12-23-11-9-21-15(23)3)24-13-16-7-5-6-8-17(16)20(24)26/h5-9,11,14,18H,4,10,12-13H2,1-3H3,(H,22,25)/t14-,18-/m0/s1. The minimum Gasteiger partial charge on any atom is -0.353 e. The van der Waals surface area contributed by atoms with Crippen molar-refractivity contribution >= 4 is 11.8 Å². The zero-order valence-corrected chi connectivity index (χ0v) is 15.6. The molecular weight excluding hydrogens is 328 g/mol. The number of aryl methyl sites for hydroxylation is 1. The van der Waals surface area contributed by atoms with Crippen LogP contribution in [0.1, 0.15) is 42.0 Å². The van der Waals surface area contributed by atoms with Crippen molar-refractivity contribution in [3.8, 4) is 0 Å². The van der Waals surface area contributed by atoms with Gasteiger partial charge in [0, 0.05) is 37.6 Å². The molecule has 0 unspecified atom stereocenters. The zero-order valence-electron chi connectivity index (χ0n) is 15.6. The Balaban J connectivity index is 1.69. The Bertz CT molecular complexity index is 799. The Labute approximate surface area is 154 Å². The molecule has 0 saturated heterocycles. The first kappa shape index (κ1) is 18.2. The molecule has 1 aliphatic heterocycles. The Morgan fingerprint density at radius 2 is 2.12 bits per heavy atom. The topological polar surface area (TPSA) is 67.2 Å². The van der Waals surface area contributed by atoms with Crippen molar-refractivity contribution in [2.75, 3.05) is 6.54 Å². The van der Waals surface area contributed by atoms with E-state index in [9.17, 15) is 9.59 Å². The highest BCUT2D eigenvalue weighted by molar-refractivity contribution is 6.01. The van der Waals surface area contributed by atoms with Gasteiger partial charge in [0.1, 0.15) is 11.9 Å². The number of carbonyl (C=O) groups is 2. The first-order chi connectivity index (χ1) is 12.5. The molecule has 1 aliphatic rings. The average Bonchev–Trinajstić information content (AvgIpc) is 3.19. The number of aromatic nitrogens is 2. The number of hydrogen-bond donors (Lipinski definition) is 1. The highest BCUT2D eigenvalue weighted by Crippen LogP contribution is 2.28. The maximum atomic E-state index is 12.9. The molecule has 3 rings (SSSR count). The van der Waals surface area contributed by atoms with Crippen LogP contribution in [-0.4, -0.2) is 38.9 Å². The van der Waals surface area contributed by atoms with Gasteiger partial charge in [0.25, 0.3) is 5.91 Å². The third-order valence-corrected chi connectivity index (χ3v) is 5.21. The lowest BCUT2D eigenvalue weighted by atomic mass is 9.96. The lowest BCUT2D eigenvalue weighted by molar-refractivity contribution is -0.127. The smallest absolute Gasteiger partial charge is 0.255 e. The van der Waals surface area contributed by atoms with E-state index in [2.05, 4.69) is 10.3 Å². The monoisotopic (exact) mass is 354 g/mol. The van der Waals surface area contributed by atoms with E-state index >= 15 is 0 Å². The first-order valence-electron chi connectivity index (χ1n) is 9.17. The molecule has 2 aromatic rings. The summed E-state index contributed by atoms with van der Waals surface area (Å²) in [7, 11) is 0. The Kier molecular flexibility index (Phi) is 5.40. The molecule has 2 atom stereocenters. The zero-order chi connectivity index (χ0) is 18.7. The van der Waals surface area contributed by atoms with Crippen LogP contribution in [0.25, 0.3) is 0 Å². The summed E-state index contributed by atoms with van der Waals surface area (Å²) in [5, 5.41) is 3.01. The molecule has 1 aromatic heterocycles. The number of carbonyl (C=O) groups excluding carboxylic acids is 2. The lowest BCUT2D eigenvalue weighted by Gasteiger charge is -2.31. The summed E-state index contributed by atoms with van der Waals surface area (Å²) in [5.74, 6) is 0.871. The van der Waals surface area contributed by atoms with Crippen LogP contribution in [0.4, 0.5) is 0 Å². The van der Waals surface area contributed by atoms with Gasteiger partial charge < -0.3 is 14.8 Å². The van der Waals surface area contributed by atoms with Crippen LogP contribution < -0.4 is 5.32 Å². The van der Waals surface area contributed by atoms with E-state index in [1.807, 2.05) is 55.8 Å². The van der Waals surface area contributed by atoms with Gasteiger partial charge in [0.2, 0.25) is 5.91 Å². The van der Waals surface area contributed by atoms with E-state index in [1.54, 1.807) is 11.1 Å². The highest BCUT2D eigenvalue weighted by Gasteiger charge is 2.38. The number of nitrogens with one attached hydrogen (secondary N) is 1. The van der Waals surface area contributed by atoms with Gasteiger partial charge in [0.05, 0.1) is 0 Å². The van der Waals surface area contributed by atoms with Crippen molar-refractivity contribution in [3.63, 3.8) is 0 Å². The fourth-order valence-corrected chi connectivity index (χ4v) is 3.48. The molecule has 2 heterocycles. The Morgan fingerprint density at radius 3 is 2.77 bits per heavy atom. The first-order valence-corrected chi connectivity index (χ1v) is 9.17. The molecule has 138 valence electrons. The molecule has 0 bridgehead atoms. The van der Waals surface area contributed by atoms with Gasteiger partial charge >= 0.3 is 0 Å². The summed E-state index contributed by atoms with van der Waals surface area (Å²) in [5.41, 5.74) is 1.70. The normalized spacial score (nSPS) is 15.7. The molecule has 0 spiro atoms. The second-order valence-electron chi connectivity index (χ2n) is 6.88. The fraction of sp³-hybridized carbons (Fsp3) is 0.450. The molecular formula is C20H26N4O2. The van der Waals surface area contributed by atoms with Gasteiger partial charge in [-0.1, -0.05) is 38.5 Å². The lowest BCUT2D eigenvalue weighted by Crippen LogP contribution is -2.51. The maximum Gasteiger partial charge on any atom is 0.255 e. The summed E-state index contributed by atoms with van der Waals surface area (Å²) in [6.07, 6.45) is 4.48. The van der Waals surface area contributed by atoms with Gasteiger partial charge in [-0.25, -0.2) is 4.98 Å². The molecule has 1 aromatic carbocycles. The van der Waals surface area contributed by atoms with Crippen molar-refractivity contribution in [2.45, 2.75) is 46.3 Å². The number of amides is 2. The molecule has 0 fully saturated rings. The minimum atomic E-state index is -0.455. The van der Waals surface area contributed by atoms with Crippen LogP contribution in [-0.2, 0) is 17.9 Å². The van der Waals surface area contributed by atoms with Crippen molar-refractivity contribution in [1.29, 1.82) is 0 Å². The number of hydrogen-bond acceptors (Lipinski definition) is 3.